The summed E-state index contributed by atoms with van der Waals surface area (Å²) < 4.78 is 0. The van der Waals surface area contributed by atoms with Gasteiger partial charge in [-0.15, -0.1) is 0 Å². The highest BCUT2D eigenvalue weighted by molar-refractivity contribution is 5.91. The second-order valence-electron chi connectivity index (χ2n) is 15.6. The van der Waals surface area contributed by atoms with Crippen LogP contribution in [-0.4, -0.2) is 66.5 Å². The Morgan fingerprint density at radius 2 is 0.946 bits per heavy atom. The summed E-state index contributed by atoms with van der Waals surface area (Å²) >= 11 is 0. The maximum atomic E-state index is 14.1. The molecule has 4 N–H and O–H groups in total. The number of rotatable bonds is 12. The first-order valence-corrected chi connectivity index (χ1v) is 19.9. The zero-order chi connectivity index (χ0) is 38.2. The molecule has 2 aliphatic heterocycles. The van der Waals surface area contributed by atoms with Gasteiger partial charge in [0.15, 0.2) is 0 Å². The van der Waals surface area contributed by atoms with Gasteiger partial charge in [0.1, 0.15) is 23.7 Å². The van der Waals surface area contributed by atoms with Crippen LogP contribution in [0.25, 0.3) is 22.5 Å². The number of carbonyl (C=O) groups excluding carboxylic acids is 4. The van der Waals surface area contributed by atoms with Crippen molar-refractivity contribution >= 4 is 23.6 Å². The number of benzene rings is 3. The number of nitrogens with one attached hydrogen (secondary N) is 4. The first-order valence-electron chi connectivity index (χ1n) is 19.9. The van der Waals surface area contributed by atoms with Crippen molar-refractivity contribution in [2.45, 2.75) is 75.5 Å². The van der Waals surface area contributed by atoms with E-state index in [1.54, 1.807) is 0 Å². The average Bonchev–Trinajstić information content (AvgIpc) is 3.99. The Morgan fingerprint density at radius 3 is 1.32 bits per heavy atom. The molecule has 2 aliphatic carbocycles. The van der Waals surface area contributed by atoms with E-state index in [0.717, 1.165) is 96.7 Å². The summed E-state index contributed by atoms with van der Waals surface area (Å²) in [5.74, 6) is 1.10. The van der Waals surface area contributed by atoms with Gasteiger partial charge in [-0.05, 0) is 73.6 Å². The summed E-state index contributed by atoms with van der Waals surface area (Å²) in [6.45, 7) is 1.20. The smallest absolute Gasteiger partial charge is 0.250 e. The third-order valence-electron chi connectivity index (χ3n) is 11.6. The average molecular weight is 751 g/mol. The molecule has 0 bridgehead atoms. The predicted octanol–water partition coefficient (Wildman–Crippen LogP) is 6.33. The van der Waals surface area contributed by atoms with E-state index in [0.29, 0.717) is 13.1 Å². The first kappa shape index (κ1) is 35.6. The summed E-state index contributed by atoms with van der Waals surface area (Å²) in [5.41, 5.74) is 5.16. The van der Waals surface area contributed by atoms with E-state index in [1.165, 1.54) is 0 Å². The van der Waals surface area contributed by atoms with Crippen LogP contribution in [-0.2, 0) is 19.2 Å². The molecule has 4 fully saturated rings. The van der Waals surface area contributed by atoms with Gasteiger partial charge in [-0.2, -0.15) is 0 Å². The van der Waals surface area contributed by atoms with Crippen molar-refractivity contribution in [2.75, 3.05) is 13.1 Å². The lowest BCUT2D eigenvalue weighted by Crippen LogP contribution is -2.43. The molecule has 9 rings (SSSR count). The molecule has 4 heterocycles. The van der Waals surface area contributed by atoms with Crippen LogP contribution in [0, 0.1) is 11.8 Å². The van der Waals surface area contributed by atoms with Crippen LogP contribution in [0.3, 0.4) is 0 Å². The molecule has 4 atom stereocenters. The van der Waals surface area contributed by atoms with E-state index < -0.39 is 12.1 Å². The van der Waals surface area contributed by atoms with E-state index in [9.17, 15) is 19.2 Å². The lowest BCUT2D eigenvalue weighted by molar-refractivity contribution is -0.138. The van der Waals surface area contributed by atoms with E-state index in [1.807, 2.05) is 107 Å². The third kappa shape index (κ3) is 7.35. The molecular weight excluding hydrogens is 705 g/mol. The summed E-state index contributed by atoms with van der Waals surface area (Å²) in [6, 6.07) is 25.2. The zero-order valence-corrected chi connectivity index (χ0v) is 31.2. The Morgan fingerprint density at radius 1 is 0.554 bits per heavy atom. The van der Waals surface area contributed by atoms with Crippen molar-refractivity contribution in [2.24, 2.45) is 11.8 Å². The summed E-state index contributed by atoms with van der Waals surface area (Å²) in [6.07, 6.45) is 10.4. The molecule has 2 aromatic heterocycles. The maximum Gasteiger partial charge on any atom is 0.250 e. The second-order valence-corrected chi connectivity index (χ2v) is 15.6. The summed E-state index contributed by atoms with van der Waals surface area (Å²) in [4.78, 5) is 73.9. The quantitative estimate of drug-likeness (QED) is 0.117. The van der Waals surface area contributed by atoms with Crippen LogP contribution in [0.5, 0.6) is 0 Å². The Bertz CT molecular complexity index is 2050. The number of likely N-dealkylation sites (tertiary alicyclic amines) is 2. The second kappa shape index (κ2) is 15.2. The number of aromatic nitrogens is 4. The summed E-state index contributed by atoms with van der Waals surface area (Å²) in [7, 11) is 0. The molecule has 0 spiro atoms. The highest BCUT2D eigenvalue weighted by atomic mass is 16.2. The number of hydrogen-bond donors (Lipinski definition) is 4. The van der Waals surface area contributed by atoms with Crippen LogP contribution < -0.4 is 10.6 Å². The molecule has 2 saturated heterocycles. The molecule has 4 amide bonds. The van der Waals surface area contributed by atoms with Crippen LogP contribution in [0.2, 0.25) is 0 Å². The SMILES string of the molecule is O=C(N[C@@H](C(=O)N1CCC[C@H]1c1ncc(-c2ccc(-c3cnc([C@@H]4CCCN4C(=O)[C@H](NC(=O)C4CC4)c4ccccc4)[nH]3)cc2)[nH]1)c1ccccc1)C1CC1. The number of imidazole rings is 2. The first-order chi connectivity index (χ1) is 27.4. The summed E-state index contributed by atoms with van der Waals surface area (Å²) in [5, 5.41) is 6.08. The van der Waals surface area contributed by atoms with Crippen molar-refractivity contribution < 1.29 is 19.2 Å². The number of amides is 4. The molecule has 286 valence electrons. The lowest BCUT2D eigenvalue weighted by atomic mass is 10.0. The molecule has 0 radical (unpaired) electrons. The fourth-order valence-electron chi connectivity index (χ4n) is 8.17. The molecule has 5 aromatic rings. The fraction of sp³-hybridized carbons (Fsp3) is 0.364. The van der Waals surface area contributed by atoms with Gasteiger partial charge in [-0.3, -0.25) is 19.2 Å². The van der Waals surface area contributed by atoms with Crippen LogP contribution in [0.1, 0.15) is 98.3 Å². The van der Waals surface area contributed by atoms with Gasteiger partial charge in [-0.25, -0.2) is 9.97 Å². The minimum atomic E-state index is -0.738. The van der Waals surface area contributed by atoms with Gasteiger partial charge in [0.2, 0.25) is 23.6 Å². The molecule has 0 unspecified atom stereocenters. The minimum Gasteiger partial charge on any atom is -0.340 e. The fourth-order valence-corrected chi connectivity index (χ4v) is 8.17. The molecule has 4 aliphatic rings. The maximum absolute atomic E-state index is 14.1. The van der Waals surface area contributed by atoms with Gasteiger partial charge >= 0.3 is 0 Å². The van der Waals surface area contributed by atoms with Crippen molar-refractivity contribution in [3.8, 4) is 22.5 Å². The van der Waals surface area contributed by atoms with Crippen LogP contribution in [0.15, 0.2) is 97.3 Å². The number of aromatic amines is 2. The van der Waals surface area contributed by atoms with Crippen molar-refractivity contribution in [1.29, 1.82) is 0 Å². The number of hydrogen-bond acceptors (Lipinski definition) is 6. The van der Waals surface area contributed by atoms with E-state index in [2.05, 4.69) is 20.6 Å². The Labute approximate surface area is 325 Å². The lowest BCUT2D eigenvalue weighted by Gasteiger charge is -2.28. The topological polar surface area (TPSA) is 156 Å². The van der Waals surface area contributed by atoms with Gasteiger partial charge in [0.25, 0.3) is 0 Å². The van der Waals surface area contributed by atoms with Crippen molar-refractivity contribution in [3.05, 3.63) is 120 Å². The normalized spacial score (nSPS) is 20.4. The number of H-pyrrole nitrogens is 2. The highest BCUT2D eigenvalue weighted by Gasteiger charge is 2.40. The number of nitrogens with zero attached hydrogens (tertiary/aromatic N) is 4. The number of carbonyl (C=O) groups is 4. The van der Waals surface area contributed by atoms with Gasteiger partial charge in [0.05, 0.1) is 35.9 Å². The Hall–Kier alpha value is -6.04. The predicted molar refractivity (Wildman–Crippen MR) is 209 cm³/mol. The van der Waals surface area contributed by atoms with Crippen molar-refractivity contribution in [3.63, 3.8) is 0 Å². The molecule has 12 heteroatoms. The molecular formula is C44H46N8O4. The largest absolute Gasteiger partial charge is 0.340 e. The monoisotopic (exact) mass is 750 g/mol. The van der Waals surface area contributed by atoms with E-state index in [4.69, 9.17) is 9.97 Å². The van der Waals surface area contributed by atoms with E-state index >= 15 is 0 Å². The third-order valence-corrected chi connectivity index (χ3v) is 11.6. The Kier molecular flexibility index (Phi) is 9.70. The van der Waals surface area contributed by atoms with E-state index in [-0.39, 0.29) is 47.5 Å². The molecule has 2 saturated carbocycles. The zero-order valence-electron chi connectivity index (χ0n) is 31.2. The van der Waals surface area contributed by atoms with Crippen LogP contribution >= 0.6 is 0 Å². The standard InChI is InChI=1S/C44H46N8O4/c53-41(31-19-20-31)49-37(29-9-3-1-4-10-29)43(55)51-23-7-13-35(51)39-45-25-33(47-39)27-15-17-28(18-16-27)34-26-46-40(48-34)36-14-8-24-52(36)44(56)38(30-11-5-2-6-12-30)50-42(54)32-21-22-32/h1-6,9-12,15-18,25-26,31-32,35-38H,7-8,13-14,19-24H2,(H,45,47)(H,46,48)(H,49,53)(H,50,54)/t35-,36-,37+,38+/m0/s1. The van der Waals surface area contributed by atoms with Gasteiger partial charge in [-0.1, -0.05) is 84.9 Å². The van der Waals surface area contributed by atoms with Gasteiger partial charge < -0.3 is 30.4 Å². The molecule has 12 nitrogen and oxygen atoms in total. The van der Waals surface area contributed by atoms with Crippen LogP contribution in [0.4, 0.5) is 0 Å². The molecule has 56 heavy (non-hydrogen) atoms. The van der Waals surface area contributed by atoms with Crippen molar-refractivity contribution in [1.82, 2.24) is 40.4 Å². The van der Waals surface area contributed by atoms with Gasteiger partial charge in [0, 0.05) is 24.9 Å². The highest BCUT2D eigenvalue weighted by Crippen LogP contribution is 2.37. The molecule has 3 aromatic carbocycles. The Balaban J connectivity index is 0.882. The minimum absolute atomic E-state index is 0.00264.